The molecule has 1 aromatic carbocycles. The van der Waals surface area contributed by atoms with Crippen molar-refractivity contribution in [3.05, 3.63) is 35.4 Å². The van der Waals surface area contributed by atoms with E-state index in [0.717, 1.165) is 4.90 Å². The number of methoxy groups -OCH3 is 1. The maximum atomic E-state index is 12.0. The van der Waals surface area contributed by atoms with Crippen molar-refractivity contribution in [2.24, 2.45) is 0 Å². The summed E-state index contributed by atoms with van der Waals surface area (Å²) in [5.74, 6) is -0.889. The summed E-state index contributed by atoms with van der Waals surface area (Å²) >= 11 is 0. The molecule has 0 unspecified atom stereocenters. The van der Waals surface area contributed by atoms with Gasteiger partial charge in [-0.1, -0.05) is 12.1 Å². The van der Waals surface area contributed by atoms with Gasteiger partial charge in [0.05, 0.1) is 17.7 Å². The van der Waals surface area contributed by atoms with Gasteiger partial charge in [-0.2, -0.15) is 0 Å². The van der Waals surface area contributed by atoms with Crippen LogP contribution in [0.25, 0.3) is 0 Å². The normalized spacial score (nSPS) is 15.9. The lowest BCUT2D eigenvalue weighted by Gasteiger charge is -2.20. The first kappa shape index (κ1) is 11.5. The Bertz CT molecular complexity index is 448. The molecule has 0 aromatic heterocycles. The average Bonchev–Trinajstić information content (AvgIpc) is 2.61. The number of carbonyl (C=O) groups is 3. The van der Waals surface area contributed by atoms with Crippen LogP contribution in [0.3, 0.4) is 0 Å². The molecule has 1 atom stereocenters. The Morgan fingerprint density at radius 2 is 1.76 bits per heavy atom. The number of aldehydes is 1. The number of carbonyl (C=O) groups excluding carboxylic acids is 3. The van der Waals surface area contributed by atoms with Crippen LogP contribution in [-0.2, 0) is 9.53 Å². The predicted octanol–water partition coefficient (Wildman–Crippen LogP) is 0.497. The summed E-state index contributed by atoms with van der Waals surface area (Å²) in [6, 6.07) is 5.64. The van der Waals surface area contributed by atoms with Crippen LogP contribution in [0, 0.1) is 0 Å². The largest absolute Gasteiger partial charge is 0.382 e. The number of nitrogens with zero attached hydrogens (tertiary/aromatic N) is 1. The van der Waals surface area contributed by atoms with E-state index in [1.54, 1.807) is 24.3 Å². The van der Waals surface area contributed by atoms with Crippen LogP contribution in [-0.4, -0.2) is 42.8 Å². The molecule has 0 saturated carbocycles. The van der Waals surface area contributed by atoms with E-state index < -0.39 is 17.9 Å². The second kappa shape index (κ2) is 4.47. The molecule has 88 valence electrons. The van der Waals surface area contributed by atoms with Crippen molar-refractivity contribution in [2.45, 2.75) is 6.04 Å². The standard InChI is InChI=1S/C12H11NO4/c1-17-7-8(6-14)13-11(15)9-4-2-3-5-10(9)12(13)16/h2-6,8H,7H2,1H3/t8-/m0/s1. The van der Waals surface area contributed by atoms with Crippen molar-refractivity contribution in [1.82, 2.24) is 4.90 Å². The zero-order chi connectivity index (χ0) is 12.4. The van der Waals surface area contributed by atoms with Crippen molar-refractivity contribution in [3.8, 4) is 0 Å². The van der Waals surface area contributed by atoms with Gasteiger partial charge < -0.3 is 9.53 Å². The fourth-order valence-electron chi connectivity index (χ4n) is 1.85. The minimum atomic E-state index is -0.868. The minimum absolute atomic E-state index is 0.00890. The molecule has 2 amide bonds. The van der Waals surface area contributed by atoms with Crippen LogP contribution in [0.4, 0.5) is 0 Å². The fraction of sp³-hybridized carbons (Fsp3) is 0.250. The topological polar surface area (TPSA) is 63.7 Å². The van der Waals surface area contributed by atoms with Gasteiger partial charge in [0, 0.05) is 7.11 Å². The molecule has 0 N–H and O–H groups in total. The Hall–Kier alpha value is -2.01. The lowest BCUT2D eigenvalue weighted by molar-refractivity contribution is -0.112. The molecule has 1 aliphatic heterocycles. The second-order valence-corrected chi connectivity index (χ2v) is 3.68. The maximum absolute atomic E-state index is 12.0. The van der Waals surface area contributed by atoms with Gasteiger partial charge in [-0.25, -0.2) is 0 Å². The van der Waals surface area contributed by atoms with Gasteiger partial charge in [-0.05, 0) is 12.1 Å². The lowest BCUT2D eigenvalue weighted by Crippen LogP contribution is -2.43. The molecule has 5 nitrogen and oxygen atoms in total. The van der Waals surface area contributed by atoms with Crippen LogP contribution in [0.5, 0.6) is 0 Å². The molecule has 5 heteroatoms. The molecule has 0 fully saturated rings. The molecule has 1 heterocycles. The highest BCUT2D eigenvalue weighted by Gasteiger charge is 2.39. The second-order valence-electron chi connectivity index (χ2n) is 3.68. The first-order valence-corrected chi connectivity index (χ1v) is 5.12. The van der Waals surface area contributed by atoms with Gasteiger partial charge in [0.2, 0.25) is 0 Å². The van der Waals surface area contributed by atoms with Crippen molar-refractivity contribution < 1.29 is 19.1 Å². The number of fused-ring (bicyclic) bond motifs is 1. The van der Waals surface area contributed by atoms with E-state index in [9.17, 15) is 14.4 Å². The highest BCUT2D eigenvalue weighted by Crippen LogP contribution is 2.23. The molecule has 1 aromatic rings. The Morgan fingerprint density at radius 1 is 1.24 bits per heavy atom. The molecule has 0 radical (unpaired) electrons. The van der Waals surface area contributed by atoms with Crippen LogP contribution >= 0.6 is 0 Å². The molecule has 0 spiro atoms. The zero-order valence-corrected chi connectivity index (χ0v) is 9.25. The fourth-order valence-corrected chi connectivity index (χ4v) is 1.85. The van der Waals surface area contributed by atoms with E-state index in [2.05, 4.69) is 0 Å². The molecule has 0 saturated heterocycles. The summed E-state index contributed by atoms with van der Waals surface area (Å²) in [6.07, 6.45) is 0.547. The summed E-state index contributed by atoms with van der Waals surface area (Å²) in [7, 11) is 1.41. The van der Waals surface area contributed by atoms with E-state index in [4.69, 9.17) is 4.74 Å². The summed E-state index contributed by atoms with van der Waals surface area (Å²) in [5.41, 5.74) is 0.668. The Balaban J connectivity index is 2.38. The van der Waals surface area contributed by atoms with Crippen molar-refractivity contribution >= 4 is 18.1 Å². The van der Waals surface area contributed by atoms with Gasteiger partial charge in [-0.15, -0.1) is 0 Å². The van der Waals surface area contributed by atoms with E-state index in [1.807, 2.05) is 0 Å². The Kier molecular flexibility index (Phi) is 3.01. The van der Waals surface area contributed by atoms with Gasteiger partial charge in [-0.3, -0.25) is 14.5 Å². The number of hydrogen-bond donors (Lipinski definition) is 0. The molecule has 0 bridgehead atoms. The van der Waals surface area contributed by atoms with Crippen LogP contribution in [0.2, 0.25) is 0 Å². The van der Waals surface area contributed by atoms with E-state index >= 15 is 0 Å². The number of amides is 2. The van der Waals surface area contributed by atoms with Crippen LogP contribution < -0.4 is 0 Å². The molecule has 17 heavy (non-hydrogen) atoms. The molecule has 0 aliphatic carbocycles. The van der Waals surface area contributed by atoms with Gasteiger partial charge in [0.15, 0.2) is 0 Å². The van der Waals surface area contributed by atoms with E-state index in [-0.39, 0.29) is 6.61 Å². The number of ether oxygens (including phenoxy) is 1. The third-order valence-corrected chi connectivity index (χ3v) is 2.65. The zero-order valence-electron chi connectivity index (χ0n) is 9.25. The Morgan fingerprint density at radius 3 is 2.18 bits per heavy atom. The van der Waals surface area contributed by atoms with Gasteiger partial charge in [0.1, 0.15) is 12.3 Å². The quantitative estimate of drug-likeness (QED) is 0.561. The van der Waals surface area contributed by atoms with Crippen LogP contribution in [0.15, 0.2) is 24.3 Å². The summed E-state index contributed by atoms with van der Waals surface area (Å²) in [4.78, 5) is 35.8. The highest BCUT2D eigenvalue weighted by atomic mass is 16.5. The summed E-state index contributed by atoms with van der Waals surface area (Å²) < 4.78 is 4.83. The van der Waals surface area contributed by atoms with E-state index in [1.165, 1.54) is 7.11 Å². The molecular weight excluding hydrogens is 222 g/mol. The summed E-state index contributed by atoms with van der Waals surface area (Å²) in [5, 5.41) is 0. The van der Waals surface area contributed by atoms with Crippen molar-refractivity contribution in [2.75, 3.05) is 13.7 Å². The van der Waals surface area contributed by atoms with Gasteiger partial charge >= 0.3 is 0 Å². The third kappa shape index (κ3) is 1.74. The third-order valence-electron chi connectivity index (χ3n) is 2.65. The number of hydrogen-bond acceptors (Lipinski definition) is 4. The molecular formula is C12H11NO4. The SMILES string of the molecule is COC[C@H](C=O)N1C(=O)c2ccccc2C1=O. The molecule has 1 aliphatic rings. The first-order chi connectivity index (χ1) is 8.20. The predicted molar refractivity (Wildman–Crippen MR) is 58.7 cm³/mol. The van der Waals surface area contributed by atoms with Crippen molar-refractivity contribution in [3.63, 3.8) is 0 Å². The average molecular weight is 233 g/mol. The highest BCUT2D eigenvalue weighted by molar-refractivity contribution is 6.22. The lowest BCUT2D eigenvalue weighted by atomic mass is 10.1. The van der Waals surface area contributed by atoms with Crippen LogP contribution in [0.1, 0.15) is 20.7 Å². The summed E-state index contributed by atoms with van der Waals surface area (Å²) in [6.45, 7) is 0.00890. The smallest absolute Gasteiger partial charge is 0.262 e. The number of benzene rings is 1. The van der Waals surface area contributed by atoms with E-state index in [0.29, 0.717) is 17.4 Å². The van der Waals surface area contributed by atoms with Crippen molar-refractivity contribution in [1.29, 1.82) is 0 Å². The monoisotopic (exact) mass is 233 g/mol. The molecule has 2 rings (SSSR count). The Labute approximate surface area is 98.0 Å². The number of rotatable bonds is 4. The maximum Gasteiger partial charge on any atom is 0.262 e. The minimum Gasteiger partial charge on any atom is -0.382 e. The first-order valence-electron chi connectivity index (χ1n) is 5.12. The number of imide groups is 1. The van der Waals surface area contributed by atoms with Gasteiger partial charge in [0.25, 0.3) is 11.8 Å².